The lowest BCUT2D eigenvalue weighted by Crippen LogP contribution is -2.30. The van der Waals surface area contributed by atoms with Gasteiger partial charge in [-0.25, -0.2) is 9.50 Å². The second-order valence-corrected chi connectivity index (χ2v) is 10.1. The number of nitrogens with zero attached hydrogens (tertiary/aromatic N) is 4. The molecule has 0 bridgehead atoms. The molecule has 2 aromatic heterocycles. The standard InChI is InChI=1S/C29H34N4O3/c1-19-8-11-21(12-9-19)22-17-23(33-27(30-22)18-26(31-33)29(2,3)4)28(34)32(5)15-14-20-10-13-24(35-6)25(16-20)36-7/h8-13,16-18H,14-15H2,1-7H3. The minimum atomic E-state index is -0.169. The molecule has 2 aromatic carbocycles. The minimum absolute atomic E-state index is 0.111. The molecule has 7 nitrogen and oxygen atoms in total. The number of fused-ring (bicyclic) bond motifs is 1. The third kappa shape index (κ3) is 5.20. The van der Waals surface area contributed by atoms with Gasteiger partial charge in [0.05, 0.1) is 25.6 Å². The zero-order chi connectivity index (χ0) is 26.0. The van der Waals surface area contributed by atoms with Gasteiger partial charge in [-0.2, -0.15) is 5.10 Å². The summed E-state index contributed by atoms with van der Waals surface area (Å²) in [7, 11) is 5.05. The van der Waals surface area contributed by atoms with E-state index in [2.05, 4.69) is 39.8 Å². The van der Waals surface area contributed by atoms with E-state index in [4.69, 9.17) is 19.6 Å². The molecule has 0 atom stereocenters. The summed E-state index contributed by atoms with van der Waals surface area (Å²) in [6.45, 7) is 8.89. The van der Waals surface area contributed by atoms with Crippen LogP contribution in [0.4, 0.5) is 0 Å². The predicted octanol–water partition coefficient (Wildman–Crippen LogP) is 5.33. The molecule has 0 fully saturated rings. The van der Waals surface area contributed by atoms with Crippen LogP contribution in [0.2, 0.25) is 0 Å². The summed E-state index contributed by atoms with van der Waals surface area (Å²) in [5.74, 6) is 1.25. The van der Waals surface area contributed by atoms with E-state index in [0.717, 1.165) is 22.5 Å². The SMILES string of the molecule is COc1ccc(CCN(C)C(=O)c2cc(-c3ccc(C)cc3)nc3cc(C(C)(C)C)nn23)cc1OC. The first-order chi connectivity index (χ1) is 17.1. The highest BCUT2D eigenvalue weighted by atomic mass is 16.5. The molecule has 0 N–H and O–H groups in total. The number of rotatable bonds is 7. The van der Waals surface area contributed by atoms with Crippen molar-refractivity contribution >= 4 is 11.6 Å². The molecule has 2 heterocycles. The number of aromatic nitrogens is 3. The van der Waals surface area contributed by atoms with Crippen LogP contribution in [0, 0.1) is 6.92 Å². The van der Waals surface area contributed by atoms with Gasteiger partial charge in [-0.05, 0) is 37.1 Å². The van der Waals surface area contributed by atoms with Crippen molar-refractivity contribution in [3.63, 3.8) is 0 Å². The van der Waals surface area contributed by atoms with Crippen molar-refractivity contribution in [2.24, 2.45) is 0 Å². The Kier molecular flexibility index (Phi) is 7.02. The maximum Gasteiger partial charge on any atom is 0.272 e. The fourth-order valence-electron chi connectivity index (χ4n) is 4.00. The Morgan fingerprint density at radius 3 is 2.31 bits per heavy atom. The van der Waals surface area contributed by atoms with Crippen LogP contribution in [0.5, 0.6) is 11.5 Å². The molecule has 0 saturated heterocycles. The second kappa shape index (κ2) is 10.0. The summed E-state index contributed by atoms with van der Waals surface area (Å²) in [6, 6.07) is 17.8. The number of amides is 1. The summed E-state index contributed by atoms with van der Waals surface area (Å²) in [6.07, 6.45) is 0.675. The average Bonchev–Trinajstić information content (AvgIpc) is 3.31. The number of hydrogen-bond acceptors (Lipinski definition) is 5. The van der Waals surface area contributed by atoms with E-state index in [1.165, 1.54) is 5.56 Å². The molecular formula is C29H34N4O3. The molecule has 0 saturated carbocycles. The van der Waals surface area contributed by atoms with E-state index in [0.29, 0.717) is 35.8 Å². The van der Waals surface area contributed by atoms with Crippen LogP contribution in [-0.2, 0) is 11.8 Å². The van der Waals surface area contributed by atoms with Gasteiger partial charge in [0.25, 0.3) is 5.91 Å². The fourth-order valence-corrected chi connectivity index (χ4v) is 4.00. The lowest BCUT2D eigenvalue weighted by Gasteiger charge is -2.19. The van der Waals surface area contributed by atoms with Gasteiger partial charge < -0.3 is 14.4 Å². The van der Waals surface area contributed by atoms with Crippen LogP contribution >= 0.6 is 0 Å². The molecule has 0 aliphatic carbocycles. The van der Waals surface area contributed by atoms with Crippen LogP contribution in [-0.4, -0.2) is 53.2 Å². The van der Waals surface area contributed by atoms with Gasteiger partial charge in [0.15, 0.2) is 17.1 Å². The van der Waals surface area contributed by atoms with Crippen molar-refractivity contribution in [3.05, 3.63) is 77.1 Å². The van der Waals surface area contributed by atoms with Crippen molar-refractivity contribution in [2.45, 2.75) is 39.5 Å². The molecular weight excluding hydrogens is 452 g/mol. The fraction of sp³-hybridized carbons (Fsp3) is 0.345. The monoisotopic (exact) mass is 486 g/mol. The molecule has 0 aliphatic rings. The quantitative estimate of drug-likeness (QED) is 0.353. The van der Waals surface area contributed by atoms with Gasteiger partial charge in [-0.15, -0.1) is 0 Å². The topological polar surface area (TPSA) is 69.0 Å². The molecule has 1 amide bonds. The van der Waals surface area contributed by atoms with Crippen LogP contribution < -0.4 is 9.47 Å². The Bertz CT molecular complexity index is 1380. The maximum atomic E-state index is 13.7. The Balaban J connectivity index is 1.67. The number of hydrogen-bond donors (Lipinski definition) is 0. The first-order valence-electron chi connectivity index (χ1n) is 12.1. The van der Waals surface area contributed by atoms with Crippen LogP contribution in [0.25, 0.3) is 16.9 Å². The first-order valence-corrected chi connectivity index (χ1v) is 12.1. The van der Waals surface area contributed by atoms with E-state index >= 15 is 0 Å². The highest BCUT2D eigenvalue weighted by Gasteiger charge is 2.23. The Labute approximate surface area is 212 Å². The molecule has 0 spiro atoms. The van der Waals surface area contributed by atoms with Gasteiger partial charge in [0, 0.05) is 30.6 Å². The van der Waals surface area contributed by atoms with Gasteiger partial charge in [0.2, 0.25) is 0 Å². The summed E-state index contributed by atoms with van der Waals surface area (Å²) in [4.78, 5) is 20.3. The smallest absolute Gasteiger partial charge is 0.272 e. The van der Waals surface area contributed by atoms with E-state index in [1.54, 1.807) is 23.6 Å². The Hall–Kier alpha value is -3.87. The Morgan fingerprint density at radius 1 is 0.972 bits per heavy atom. The zero-order valence-electron chi connectivity index (χ0n) is 22.1. The molecule has 4 aromatic rings. The van der Waals surface area contributed by atoms with Gasteiger partial charge in [0.1, 0.15) is 5.69 Å². The predicted molar refractivity (Wildman–Crippen MR) is 142 cm³/mol. The van der Waals surface area contributed by atoms with E-state index in [9.17, 15) is 4.79 Å². The van der Waals surface area contributed by atoms with Crippen LogP contribution in [0.3, 0.4) is 0 Å². The maximum absolute atomic E-state index is 13.7. The lowest BCUT2D eigenvalue weighted by molar-refractivity contribution is 0.0787. The molecule has 4 rings (SSSR count). The van der Waals surface area contributed by atoms with Crippen LogP contribution in [0.15, 0.2) is 54.6 Å². The number of ether oxygens (including phenoxy) is 2. The number of likely N-dealkylation sites (N-methyl/N-ethyl adjacent to an activating group) is 1. The molecule has 0 unspecified atom stereocenters. The normalized spacial score (nSPS) is 11.5. The third-order valence-electron chi connectivity index (χ3n) is 6.29. The van der Waals surface area contributed by atoms with Crippen molar-refractivity contribution in [1.82, 2.24) is 19.5 Å². The highest BCUT2D eigenvalue weighted by molar-refractivity contribution is 5.94. The van der Waals surface area contributed by atoms with Crippen molar-refractivity contribution in [2.75, 3.05) is 27.8 Å². The zero-order valence-corrected chi connectivity index (χ0v) is 22.1. The molecule has 0 radical (unpaired) electrons. The van der Waals surface area contributed by atoms with Gasteiger partial charge in [-0.3, -0.25) is 4.79 Å². The van der Waals surface area contributed by atoms with Gasteiger partial charge >= 0.3 is 0 Å². The third-order valence-corrected chi connectivity index (χ3v) is 6.29. The number of benzene rings is 2. The van der Waals surface area contributed by atoms with E-state index in [-0.39, 0.29) is 11.3 Å². The number of carbonyl (C=O) groups is 1. The average molecular weight is 487 g/mol. The van der Waals surface area contributed by atoms with E-state index < -0.39 is 0 Å². The van der Waals surface area contributed by atoms with Crippen molar-refractivity contribution in [3.8, 4) is 22.8 Å². The van der Waals surface area contributed by atoms with Crippen molar-refractivity contribution in [1.29, 1.82) is 0 Å². The molecule has 0 aliphatic heterocycles. The summed E-state index contributed by atoms with van der Waals surface area (Å²) < 4.78 is 12.4. The molecule has 36 heavy (non-hydrogen) atoms. The lowest BCUT2D eigenvalue weighted by atomic mass is 9.93. The largest absolute Gasteiger partial charge is 0.493 e. The van der Waals surface area contributed by atoms with Crippen molar-refractivity contribution < 1.29 is 14.3 Å². The highest BCUT2D eigenvalue weighted by Crippen LogP contribution is 2.28. The minimum Gasteiger partial charge on any atom is -0.493 e. The second-order valence-electron chi connectivity index (χ2n) is 10.1. The molecule has 7 heteroatoms. The summed E-state index contributed by atoms with van der Waals surface area (Å²) >= 11 is 0. The number of aryl methyl sites for hydroxylation is 1. The van der Waals surface area contributed by atoms with E-state index in [1.807, 2.05) is 49.5 Å². The summed E-state index contributed by atoms with van der Waals surface area (Å²) in [5, 5.41) is 4.77. The first kappa shape index (κ1) is 25.2. The summed E-state index contributed by atoms with van der Waals surface area (Å²) in [5.41, 5.74) is 5.81. The molecule has 188 valence electrons. The number of methoxy groups -OCH3 is 2. The van der Waals surface area contributed by atoms with Crippen LogP contribution in [0.1, 0.15) is 48.1 Å². The number of carbonyl (C=O) groups excluding carboxylic acids is 1. The Morgan fingerprint density at radius 2 is 1.67 bits per heavy atom. The van der Waals surface area contributed by atoms with Gasteiger partial charge in [-0.1, -0.05) is 56.7 Å².